The molecule has 3 rings (SSSR count). The van der Waals surface area contributed by atoms with Gasteiger partial charge in [0.1, 0.15) is 0 Å². The quantitative estimate of drug-likeness (QED) is 0.771. The van der Waals surface area contributed by atoms with E-state index in [9.17, 15) is 4.79 Å². The summed E-state index contributed by atoms with van der Waals surface area (Å²) in [7, 11) is 1.80. The standard InChI is InChI=1S/C18H17N3O/c1-12-10-11-13-6-5-9-16(17(13)20-12)21-18(22)14-7-3-4-8-15(14)19-2/h3-11,19H,1-2H3,(H,21,22). The Kier molecular flexibility index (Phi) is 3.74. The minimum Gasteiger partial charge on any atom is -0.387 e. The molecule has 0 radical (unpaired) electrons. The molecule has 0 unspecified atom stereocenters. The third kappa shape index (κ3) is 2.63. The summed E-state index contributed by atoms with van der Waals surface area (Å²) in [6, 6.07) is 17.2. The molecule has 2 aromatic carbocycles. The summed E-state index contributed by atoms with van der Waals surface area (Å²) < 4.78 is 0. The van der Waals surface area contributed by atoms with Crippen molar-refractivity contribution in [2.45, 2.75) is 6.92 Å². The molecule has 110 valence electrons. The van der Waals surface area contributed by atoms with Gasteiger partial charge in [-0.3, -0.25) is 9.78 Å². The van der Waals surface area contributed by atoms with E-state index in [-0.39, 0.29) is 5.91 Å². The molecule has 1 amide bonds. The Balaban J connectivity index is 1.99. The first-order valence-corrected chi connectivity index (χ1v) is 7.13. The first kappa shape index (κ1) is 14.1. The Morgan fingerprint density at radius 1 is 0.955 bits per heavy atom. The van der Waals surface area contributed by atoms with E-state index in [0.717, 1.165) is 28.0 Å². The predicted octanol–water partition coefficient (Wildman–Crippen LogP) is 3.84. The van der Waals surface area contributed by atoms with Gasteiger partial charge in [-0.25, -0.2) is 0 Å². The topological polar surface area (TPSA) is 54.0 Å². The highest BCUT2D eigenvalue weighted by molar-refractivity contribution is 6.11. The molecule has 0 aliphatic carbocycles. The number of anilines is 2. The van der Waals surface area contributed by atoms with Gasteiger partial charge in [0.15, 0.2) is 0 Å². The molecular weight excluding hydrogens is 274 g/mol. The van der Waals surface area contributed by atoms with Crippen molar-refractivity contribution < 1.29 is 4.79 Å². The van der Waals surface area contributed by atoms with Crippen molar-refractivity contribution in [3.05, 3.63) is 65.9 Å². The number of nitrogens with zero attached hydrogens (tertiary/aromatic N) is 1. The van der Waals surface area contributed by atoms with Gasteiger partial charge in [-0.1, -0.05) is 30.3 Å². The van der Waals surface area contributed by atoms with Crippen molar-refractivity contribution in [3.8, 4) is 0 Å². The number of para-hydroxylation sites is 2. The van der Waals surface area contributed by atoms with E-state index in [1.54, 1.807) is 13.1 Å². The first-order valence-electron chi connectivity index (χ1n) is 7.13. The van der Waals surface area contributed by atoms with Crippen molar-refractivity contribution >= 4 is 28.2 Å². The monoisotopic (exact) mass is 291 g/mol. The summed E-state index contributed by atoms with van der Waals surface area (Å²) in [4.78, 5) is 17.1. The number of carbonyl (C=O) groups is 1. The predicted molar refractivity (Wildman–Crippen MR) is 90.4 cm³/mol. The third-order valence-corrected chi connectivity index (χ3v) is 3.55. The van der Waals surface area contributed by atoms with Gasteiger partial charge in [-0.05, 0) is 31.2 Å². The van der Waals surface area contributed by atoms with Crippen LogP contribution in [0.25, 0.3) is 10.9 Å². The zero-order chi connectivity index (χ0) is 15.5. The maximum absolute atomic E-state index is 12.5. The molecule has 0 atom stereocenters. The van der Waals surface area contributed by atoms with E-state index in [1.807, 2.05) is 55.5 Å². The lowest BCUT2D eigenvalue weighted by atomic mass is 10.1. The van der Waals surface area contributed by atoms with Gasteiger partial charge < -0.3 is 10.6 Å². The van der Waals surface area contributed by atoms with Gasteiger partial charge in [0, 0.05) is 23.8 Å². The van der Waals surface area contributed by atoms with E-state index in [2.05, 4.69) is 15.6 Å². The van der Waals surface area contributed by atoms with Gasteiger partial charge in [0.25, 0.3) is 5.91 Å². The van der Waals surface area contributed by atoms with Crippen LogP contribution in [-0.4, -0.2) is 17.9 Å². The number of rotatable bonds is 3. The second-order valence-electron chi connectivity index (χ2n) is 5.08. The van der Waals surface area contributed by atoms with Crippen LogP contribution in [0.1, 0.15) is 16.1 Å². The van der Waals surface area contributed by atoms with Crippen LogP contribution in [0.4, 0.5) is 11.4 Å². The Morgan fingerprint density at radius 2 is 1.73 bits per heavy atom. The van der Waals surface area contributed by atoms with Gasteiger partial charge >= 0.3 is 0 Å². The fourth-order valence-electron chi connectivity index (χ4n) is 2.43. The zero-order valence-corrected chi connectivity index (χ0v) is 12.6. The summed E-state index contributed by atoms with van der Waals surface area (Å²) in [6.45, 7) is 1.94. The molecule has 0 fully saturated rings. The highest BCUT2D eigenvalue weighted by atomic mass is 16.1. The molecule has 4 heteroatoms. The number of aryl methyl sites for hydroxylation is 1. The van der Waals surface area contributed by atoms with Gasteiger partial charge in [0.2, 0.25) is 0 Å². The average Bonchev–Trinajstić information content (AvgIpc) is 2.55. The van der Waals surface area contributed by atoms with Crippen LogP contribution in [0.5, 0.6) is 0 Å². The fourth-order valence-corrected chi connectivity index (χ4v) is 2.43. The lowest BCUT2D eigenvalue weighted by Gasteiger charge is -2.11. The zero-order valence-electron chi connectivity index (χ0n) is 12.6. The van der Waals surface area contributed by atoms with Crippen LogP contribution < -0.4 is 10.6 Å². The number of hydrogen-bond acceptors (Lipinski definition) is 3. The van der Waals surface area contributed by atoms with E-state index < -0.39 is 0 Å². The maximum Gasteiger partial charge on any atom is 0.257 e. The van der Waals surface area contributed by atoms with Crippen LogP contribution in [0, 0.1) is 6.92 Å². The van der Waals surface area contributed by atoms with Crippen molar-refractivity contribution in [2.24, 2.45) is 0 Å². The molecule has 1 aromatic heterocycles. The number of aromatic nitrogens is 1. The Hall–Kier alpha value is -2.88. The molecule has 0 aliphatic heterocycles. The number of amides is 1. The van der Waals surface area contributed by atoms with Crippen LogP contribution in [0.2, 0.25) is 0 Å². The highest BCUT2D eigenvalue weighted by Crippen LogP contribution is 2.23. The van der Waals surface area contributed by atoms with Crippen LogP contribution in [0.15, 0.2) is 54.6 Å². The highest BCUT2D eigenvalue weighted by Gasteiger charge is 2.12. The summed E-state index contributed by atoms with van der Waals surface area (Å²) in [5.74, 6) is -0.152. The molecule has 4 nitrogen and oxygen atoms in total. The Bertz CT molecular complexity index is 843. The summed E-state index contributed by atoms with van der Waals surface area (Å²) >= 11 is 0. The third-order valence-electron chi connectivity index (χ3n) is 3.55. The molecule has 1 heterocycles. The van der Waals surface area contributed by atoms with Crippen LogP contribution >= 0.6 is 0 Å². The normalized spacial score (nSPS) is 10.5. The second-order valence-corrected chi connectivity index (χ2v) is 5.08. The number of benzene rings is 2. The van der Waals surface area contributed by atoms with E-state index >= 15 is 0 Å². The number of carbonyl (C=O) groups excluding carboxylic acids is 1. The maximum atomic E-state index is 12.5. The molecule has 0 saturated heterocycles. The minimum absolute atomic E-state index is 0.152. The van der Waals surface area contributed by atoms with Gasteiger partial charge in [0.05, 0.1) is 16.8 Å². The Morgan fingerprint density at radius 3 is 2.55 bits per heavy atom. The van der Waals surface area contributed by atoms with Crippen molar-refractivity contribution in [3.63, 3.8) is 0 Å². The Labute approximate surface area is 129 Å². The van der Waals surface area contributed by atoms with Crippen molar-refractivity contribution in [2.75, 3.05) is 17.7 Å². The smallest absolute Gasteiger partial charge is 0.257 e. The van der Waals surface area contributed by atoms with Crippen LogP contribution in [0.3, 0.4) is 0 Å². The van der Waals surface area contributed by atoms with Crippen LogP contribution in [-0.2, 0) is 0 Å². The number of nitrogens with one attached hydrogen (secondary N) is 2. The molecule has 0 spiro atoms. The summed E-state index contributed by atoms with van der Waals surface area (Å²) in [5, 5.41) is 7.00. The second kappa shape index (κ2) is 5.85. The lowest BCUT2D eigenvalue weighted by molar-refractivity contribution is 0.102. The number of hydrogen-bond donors (Lipinski definition) is 2. The molecule has 2 N–H and O–H groups in total. The SMILES string of the molecule is CNc1ccccc1C(=O)Nc1cccc2ccc(C)nc12. The molecule has 0 bridgehead atoms. The van der Waals surface area contributed by atoms with Gasteiger partial charge in [-0.2, -0.15) is 0 Å². The molecule has 3 aromatic rings. The largest absolute Gasteiger partial charge is 0.387 e. The summed E-state index contributed by atoms with van der Waals surface area (Å²) in [5.41, 5.74) is 3.85. The molecular formula is C18H17N3O. The first-order chi connectivity index (χ1) is 10.7. The average molecular weight is 291 g/mol. The van der Waals surface area contributed by atoms with Gasteiger partial charge in [-0.15, -0.1) is 0 Å². The summed E-state index contributed by atoms with van der Waals surface area (Å²) in [6.07, 6.45) is 0. The number of pyridine rings is 1. The lowest BCUT2D eigenvalue weighted by Crippen LogP contribution is -2.14. The van der Waals surface area contributed by atoms with E-state index in [4.69, 9.17) is 0 Å². The number of fused-ring (bicyclic) bond motifs is 1. The fraction of sp³-hybridized carbons (Fsp3) is 0.111. The molecule has 0 saturated carbocycles. The minimum atomic E-state index is -0.152. The van der Waals surface area contributed by atoms with E-state index in [1.165, 1.54) is 0 Å². The van der Waals surface area contributed by atoms with E-state index in [0.29, 0.717) is 5.56 Å². The van der Waals surface area contributed by atoms with Crippen molar-refractivity contribution in [1.82, 2.24) is 4.98 Å². The van der Waals surface area contributed by atoms with Crippen molar-refractivity contribution in [1.29, 1.82) is 0 Å². The molecule has 0 aliphatic rings. The molecule has 22 heavy (non-hydrogen) atoms.